The van der Waals surface area contributed by atoms with Crippen LogP contribution in [0.4, 0.5) is 5.69 Å². The number of ether oxygens (including phenoxy) is 2. The van der Waals surface area contributed by atoms with Crippen LogP contribution in [0, 0.1) is 0 Å². The van der Waals surface area contributed by atoms with Gasteiger partial charge in [-0.05, 0) is 65.1 Å². The molecule has 3 rings (SSSR count). The van der Waals surface area contributed by atoms with E-state index >= 15 is 0 Å². The molecule has 1 amide bonds. The number of rotatable bonds is 13. The number of amides is 1. The number of allylic oxidation sites excluding steroid dienone is 5. The monoisotopic (exact) mass is 532 g/mol. The maximum atomic E-state index is 11.9. The molecule has 39 heavy (non-hydrogen) atoms. The number of carbonyl (C=O) groups is 1. The fourth-order valence-corrected chi connectivity index (χ4v) is 4.04. The summed E-state index contributed by atoms with van der Waals surface area (Å²) in [4.78, 5) is 14.0. The number of hydrogen-bond donors (Lipinski definition) is 3. The third-order valence-electron chi connectivity index (χ3n) is 6.38. The molecule has 0 heterocycles. The van der Waals surface area contributed by atoms with E-state index in [0.29, 0.717) is 32.7 Å². The molecule has 0 spiro atoms. The van der Waals surface area contributed by atoms with Gasteiger partial charge in [-0.2, -0.15) is 0 Å². The van der Waals surface area contributed by atoms with Crippen molar-refractivity contribution in [3.63, 3.8) is 0 Å². The minimum atomic E-state index is -0.297. The van der Waals surface area contributed by atoms with Crippen molar-refractivity contribution in [1.82, 2.24) is 5.32 Å². The van der Waals surface area contributed by atoms with E-state index in [1.165, 1.54) is 0 Å². The highest BCUT2D eigenvalue weighted by atomic mass is 16.5. The SMILES string of the molecule is CN(C)c1ccc(C(=C2C=CC(=[N+](C)C)C=C2)c2ccc(OCCCNC(=O)COC(CN)CN)cc2)cc1. The van der Waals surface area contributed by atoms with Gasteiger partial charge in [-0.3, -0.25) is 4.79 Å². The van der Waals surface area contributed by atoms with Gasteiger partial charge in [0.1, 0.15) is 26.5 Å². The summed E-state index contributed by atoms with van der Waals surface area (Å²) in [5.41, 5.74) is 17.9. The zero-order valence-electron chi connectivity index (χ0n) is 23.5. The van der Waals surface area contributed by atoms with E-state index in [1.54, 1.807) is 0 Å². The Morgan fingerprint density at radius 2 is 1.51 bits per heavy atom. The van der Waals surface area contributed by atoms with Gasteiger partial charge < -0.3 is 31.2 Å². The van der Waals surface area contributed by atoms with Gasteiger partial charge in [-0.15, -0.1) is 0 Å². The predicted octanol–water partition coefficient (Wildman–Crippen LogP) is 2.58. The number of benzene rings is 2. The molecule has 8 heteroatoms. The van der Waals surface area contributed by atoms with Crippen molar-refractivity contribution in [3.8, 4) is 5.75 Å². The molecule has 0 saturated carbocycles. The largest absolute Gasteiger partial charge is 0.494 e. The van der Waals surface area contributed by atoms with Crippen LogP contribution >= 0.6 is 0 Å². The maximum Gasteiger partial charge on any atom is 0.246 e. The van der Waals surface area contributed by atoms with Gasteiger partial charge in [0.2, 0.25) is 5.91 Å². The Kier molecular flexibility index (Phi) is 11.5. The number of carbonyl (C=O) groups excluding carboxylic acids is 1. The molecule has 0 saturated heterocycles. The van der Waals surface area contributed by atoms with E-state index in [0.717, 1.165) is 39.4 Å². The quantitative estimate of drug-likeness (QED) is 0.271. The minimum Gasteiger partial charge on any atom is -0.494 e. The molecule has 0 aromatic heterocycles. The molecule has 1 aliphatic rings. The molecule has 0 atom stereocenters. The standard InChI is InChI=1S/C31H41N5O3/c1-35(2)26-12-6-23(7-13-26)31(24-8-14-27(15-9-24)36(3)4)25-10-16-28(17-11-25)38-19-5-18-34-30(37)22-39-29(20-32)21-33/h6-17,29H,5,18-22,32-33H2,1-4H3/p+1. The number of anilines is 1. The molecule has 8 nitrogen and oxygen atoms in total. The van der Waals surface area contributed by atoms with Crippen LogP contribution in [0.1, 0.15) is 17.5 Å². The first-order valence-corrected chi connectivity index (χ1v) is 13.3. The predicted molar refractivity (Wildman–Crippen MR) is 160 cm³/mol. The van der Waals surface area contributed by atoms with E-state index in [-0.39, 0.29) is 18.6 Å². The van der Waals surface area contributed by atoms with Crippen LogP contribution in [0.15, 0.2) is 78.4 Å². The van der Waals surface area contributed by atoms with Crippen LogP contribution in [0.2, 0.25) is 0 Å². The highest BCUT2D eigenvalue weighted by molar-refractivity contribution is 6.04. The maximum absolute atomic E-state index is 11.9. The van der Waals surface area contributed by atoms with Crippen LogP contribution in [-0.2, 0) is 9.53 Å². The van der Waals surface area contributed by atoms with E-state index in [4.69, 9.17) is 20.9 Å². The average molecular weight is 533 g/mol. The summed E-state index contributed by atoms with van der Waals surface area (Å²) in [5, 5.41) is 2.82. The summed E-state index contributed by atoms with van der Waals surface area (Å²) in [6.07, 6.45) is 9.00. The topological polar surface area (TPSA) is 106 Å². The fourth-order valence-electron chi connectivity index (χ4n) is 4.04. The van der Waals surface area contributed by atoms with E-state index < -0.39 is 0 Å². The molecule has 0 aliphatic heterocycles. The summed E-state index contributed by atoms with van der Waals surface area (Å²) in [6.45, 7) is 1.53. The normalized spacial score (nSPS) is 12.6. The lowest BCUT2D eigenvalue weighted by atomic mass is 9.90. The summed E-state index contributed by atoms with van der Waals surface area (Å²) in [5.74, 6) is 0.596. The average Bonchev–Trinajstić information content (AvgIpc) is 2.95. The number of nitrogens with two attached hydrogens (primary N) is 2. The van der Waals surface area contributed by atoms with Gasteiger partial charge in [-0.1, -0.05) is 24.3 Å². The third kappa shape index (κ3) is 8.92. The Morgan fingerprint density at radius 1 is 0.923 bits per heavy atom. The van der Waals surface area contributed by atoms with Gasteiger partial charge in [-0.25, -0.2) is 4.58 Å². The Morgan fingerprint density at radius 3 is 2.05 bits per heavy atom. The van der Waals surface area contributed by atoms with Crippen molar-refractivity contribution in [1.29, 1.82) is 0 Å². The molecule has 0 bridgehead atoms. The summed E-state index contributed by atoms with van der Waals surface area (Å²) >= 11 is 0. The van der Waals surface area contributed by atoms with Crippen LogP contribution in [0.25, 0.3) is 5.57 Å². The molecule has 2 aromatic rings. The van der Waals surface area contributed by atoms with Crippen molar-refractivity contribution in [2.24, 2.45) is 11.5 Å². The summed E-state index contributed by atoms with van der Waals surface area (Å²) in [7, 11) is 8.17. The third-order valence-corrected chi connectivity index (χ3v) is 6.38. The second-order valence-electron chi connectivity index (χ2n) is 9.74. The number of hydrogen-bond acceptors (Lipinski definition) is 6. The van der Waals surface area contributed by atoms with Gasteiger partial charge in [0.15, 0.2) is 5.71 Å². The molecular weight excluding hydrogens is 490 g/mol. The molecule has 208 valence electrons. The summed E-state index contributed by atoms with van der Waals surface area (Å²) < 4.78 is 13.4. The second kappa shape index (κ2) is 15.0. The Labute approximate surface area is 232 Å². The van der Waals surface area contributed by atoms with Crippen LogP contribution in [-0.4, -0.2) is 83.3 Å². The first-order chi connectivity index (χ1) is 18.8. The first kappa shape index (κ1) is 29.8. The van der Waals surface area contributed by atoms with Gasteiger partial charge in [0, 0.05) is 51.6 Å². The number of nitrogens with one attached hydrogen (secondary N) is 1. The second-order valence-corrected chi connectivity index (χ2v) is 9.74. The molecule has 0 fully saturated rings. The van der Waals surface area contributed by atoms with Crippen LogP contribution in [0.5, 0.6) is 5.75 Å². The molecule has 5 N–H and O–H groups in total. The van der Waals surface area contributed by atoms with Crippen molar-refractivity contribution >= 4 is 22.9 Å². The zero-order chi connectivity index (χ0) is 28.2. The molecule has 2 aromatic carbocycles. The van der Waals surface area contributed by atoms with E-state index in [1.807, 2.05) is 40.3 Å². The lowest BCUT2D eigenvalue weighted by Crippen LogP contribution is -2.36. The van der Waals surface area contributed by atoms with E-state index in [2.05, 4.69) is 75.5 Å². The molecule has 0 unspecified atom stereocenters. The lowest BCUT2D eigenvalue weighted by molar-refractivity contribution is -0.462. The lowest BCUT2D eigenvalue weighted by Gasteiger charge is -2.17. The van der Waals surface area contributed by atoms with Gasteiger partial charge in [0.05, 0.1) is 12.7 Å². The number of nitrogens with zero attached hydrogens (tertiary/aromatic N) is 2. The minimum absolute atomic E-state index is 0.0457. The highest BCUT2D eigenvalue weighted by Crippen LogP contribution is 2.31. The van der Waals surface area contributed by atoms with E-state index in [9.17, 15) is 4.79 Å². The van der Waals surface area contributed by atoms with Crippen LogP contribution in [0.3, 0.4) is 0 Å². The fraction of sp³-hybridized carbons (Fsp3) is 0.355. The Bertz CT molecular complexity index is 1190. The Hall–Kier alpha value is -3.72. The molecular formula is C31H42N5O3+. The molecule has 1 aliphatic carbocycles. The van der Waals surface area contributed by atoms with Gasteiger partial charge >= 0.3 is 0 Å². The van der Waals surface area contributed by atoms with Crippen LogP contribution < -0.4 is 26.4 Å². The Balaban J connectivity index is 1.64. The smallest absolute Gasteiger partial charge is 0.246 e. The highest BCUT2D eigenvalue weighted by Gasteiger charge is 2.14. The van der Waals surface area contributed by atoms with Crippen molar-refractivity contribution in [2.45, 2.75) is 12.5 Å². The van der Waals surface area contributed by atoms with Crippen molar-refractivity contribution < 1.29 is 18.8 Å². The molecule has 0 radical (unpaired) electrons. The summed E-state index contributed by atoms with van der Waals surface area (Å²) in [6, 6.07) is 16.8. The zero-order valence-corrected chi connectivity index (χ0v) is 23.5. The van der Waals surface area contributed by atoms with Crippen molar-refractivity contribution in [2.75, 3.05) is 65.9 Å². The first-order valence-electron chi connectivity index (χ1n) is 13.3. The van der Waals surface area contributed by atoms with Crippen molar-refractivity contribution in [3.05, 3.63) is 89.5 Å². The van der Waals surface area contributed by atoms with Gasteiger partial charge in [0.25, 0.3) is 0 Å².